The first-order valence-corrected chi connectivity index (χ1v) is 7.07. The Morgan fingerprint density at radius 1 is 1.39 bits per heavy atom. The Hall–Kier alpha value is -0.830. The third-order valence-corrected chi connectivity index (χ3v) is 3.98. The molecule has 0 aromatic rings. The number of esters is 1. The van der Waals surface area contributed by atoms with Crippen LogP contribution in [-0.4, -0.2) is 25.8 Å². The fourth-order valence-electron chi connectivity index (χ4n) is 2.76. The molecule has 0 aromatic heterocycles. The predicted molar refractivity (Wildman–Crippen MR) is 70.1 cm³/mol. The zero-order valence-electron chi connectivity index (χ0n) is 11.5. The van der Waals surface area contributed by atoms with Crippen LogP contribution in [0.25, 0.3) is 0 Å². The van der Waals surface area contributed by atoms with Gasteiger partial charge in [-0.15, -0.1) is 0 Å². The van der Waals surface area contributed by atoms with Crippen molar-refractivity contribution in [3.8, 4) is 0 Å². The smallest absolute Gasteiger partial charge is 0.316 e. The molecule has 0 aliphatic heterocycles. The van der Waals surface area contributed by atoms with Crippen molar-refractivity contribution in [2.45, 2.75) is 39.5 Å². The van der Waals surface area contributed by atoms with Crippen molar-refractivity contribution in [3.05, 3.63) is 12.2 Å². The average molecular weight is 252 g/mol. The van der Waals surface area contributed by atoms with Crippen molar-refractivity contribution in [2.75, 3.05) is 19.8 Å². The molecular weight excluding hydrogens is 228 g/mol. The third-order valence-electron chi connectivity index (χ3n) is 3.98. The summed E-state index contributed by atoms with van der Waals surface area (Å²) in [5, 5.41) is 0. The minimum atomic E-state index is -0.289. The molecule has 2 rings (SSSR count). The molecule has 2 bridgehead atoms. The first-order valence-electron chi connectivity index (χ1n) is 7.07. The second-order valence-corrected chi connectivity index (χ2v) is 5.95. The van der Waals surface area contributed by atoms with Gasteiger partial charge in [-0.1, -0.05) is 26.0 Å². The van der Waals surface area contributed by atoms with Crippen LogP contribution in [0.15, 0.2) is 12.2 Å². The second-order valence-electron chi connectivity index (χ2n) is 5.95. The maximum Gasteiger partial charge on any atom is 0.316 e. The molecule has 2 aliphatic rings. The lowest BCUT2D eigenvalue weighted by Crippen LogP contribution is -2.28. The Labute approximate surface area is 110 Å². The lowest BCUT2D eigenvalue weighted by molar-refractivity contribution is -0.154. The summed E-state index contributed by atoms with van der Waals surface area (Å²) in [4.78, 5) is 12.0. The molecule has 102 valence electrons. The largest absolute Gasteiger partial charge is 0.463 e. The van der Waals surface area contributed by atoms with E-state index < -0.39 is 0 Å². The van der Waals surface area contributed by atoms with E-state index in [1.807, 2.05) is 0 Å². The SMILES string of the molecule is CC(C)CCOCCOC(=O)C12C=CC(CC1)C2. The molecule has 3 nitrogen and oxygen atoms in total. The van der Waals surface area contributed by atoms with E-state index in [2.05, 4.69) is 26.0 Å². The van der Waals surface area contributed by atoms with Crippen LogP contribution in [-0.2, 0) is 14.3 Å². The van der Waals surface area contributed by atoms with Crippen LogP contribution in [0.2, 0.25) is 0 Å². The minimum absolute atomic E-state index is 0.0498. The van der Waals surface area contributed by atoms with E-state index in [0.717, 1.165) is 32.3 Å². The summed E-state index contributed by atoms with van der Waals surface area (Å²) in [6.07, 6.45) is 8.34. The van der Waals surface area contributed by atoms with Crippen molar-refractivity contribution in [3.63, 3.8) is 0 Å². The maximum absolute atomic E-state index is 12.0. The highest BCUT2D eigenvalue weighted by Gasteiger charge is 2.47. The number of hydrogen-bond acceptors (Lipinski definition) is 3. The van der Waals surface area contributed by atoms with Gasteiger partial charge in [0, 0.05) is 6.61 Å². The topological polar surface area (TPSA) is 35.5 Å². The molecule has 0 aromatic carbocycles. The molecular formula is C15H24O3. The fraction of sp³-hybridized carbons (Fsp3) is 0.800. The zero-order valence-corrected chi connectivity index (χ0v) is 11.5. The molecule has 0 amide bonds. The van der Waals surface area contributed by atoms with Crippen LogP contribution in [0.5, 0.6) is 0 Å². The zero-order chi connectivity index (χ0) is 13.0. The highest BCUT2D eigenvalue weighted by Crippen LogP contribution is 2.49. The van der Waals surface area contributed by atoms with Gasteiger partial charge in [-0.25, -0.2) is 0 Å². The van der Waals surface area contributed by atoms with Crippen LogP contribution < -0.4 is 0 Å². The van der Waals surface area contributed by atoms with Crippen molar-refractivity contribution in [1.29, 1.82) is 0 Å². The lowest BCUT2D eigenvalue weighted by Gasteiger charge is -2.21. The van der Waals surface area contributed by atoms with E-state index in [1.165, 1.54) is 0 Å². The molecule has 18 heavy (non-hydrogen) atoms. The van der Waals surface area contributed by atoms with Gasteiger partial charge >= 0.3 is 5.97 Å². The molecule has 0 saturated heterocycles. The summed E-state index contributed by atoms with van der Waals surface area (Å²) in [6.45, 7) is 6.00. The van der Waals surface area contributed by atoms with Gasteiger partial charge in [0.15, 0.2) is 0 Å². The molecule has 2 aliphatic carbocycles. The van der Waals surface area contributed by atoms with Gasteiger partial charge in [0.1, 0.15) is 6.61 Å². The number of rotatable bonds is 7. The monoisotopic (exact) mass is 252 g/mol. The summed E-state index contributed by atoms with van der Waals surface area (Å²) >= 11 is 0. The Morgan fingerprint density at radius 2 is 2.22 bits per heavy atom. The Bertz CT molecular complexity index is 322. The summed E-state index contributed by atoms with van der Waals surface area (Å²) in [6, 6.07) is 0. The van der Waals surface area contributed by atoms with Gasteiger partial charge in [0.25, 0.3) is 0 Å². The third kappa shape index (κ3) is 3.14. The quantitative estimate of drug-likeness (QED) is 0.397. The van der Waals surface area contributed by atoms with E-state index in [9.17, 15) is 4.79 Å². The number of carbonyl (C=O) groups is 1. The van der Waals surface area contributed by atoms with Crippen LogP contribution in [0, 0.1) is 17.3 Å². The van der Waals surface area contributed by atoms with Gasteiger partial charge in [-0.05, 0) is 37.5 Å². The summed E-state index contributed by atoms with van der Waals surface area (Å²) in [5.74, 6) is 1.22. The highest BCUT2D eigenvalue weighted by molar-refractivity contribution is 5.80. The molecule has 0 heterocycles. The van der Waals surface area contributed by atoms with Crippen LogP contribution >= 0.6 is 0 Å². The lowest BCUT2D eigenvalue weighted by atomic mass is 9.88. The van der Waals surface area contributed by atoms with E-state index >= 15 is 0 Å². The van der Waals surface area contributed by atoms with Crippen molar-refractivity contribution in [1.82, 2.24) is 0 Å². The molecule has 0 spiro atoms. The Balaban J connectivity index is 1.60. The molecule has 2 unspecified atom stereocenters. The van der Waals surface area contributed by atoms with E-state index in [0.29, 0.717) is 25.0 Å². The van der Waals surface area contributed by atoms with Crippen LogP contribution in [0.4, 0.5) is 0 Å². The number of ether oxygens (including phenoxy) is 2. The normalized spacial score (nSPS) is 29.2. The van der Waals surface area contributed by atoms with Crippen molar-refractivity contribution < 1.29 is 14.3 Å². The van der Waals surface area contributed by atoms with Gasteiger partial charge in [-0.2, -0.15) is 0 Å². The first-order chi connectivity index (χ1) is 8.62. The number of hydrogen-bond donors (Lipinski definition) is 0. The molecule has 0 radical (unpaired) electrons. The fourth-order valence-corrected chi connectivity index (χ4v) is 2.76. The Kier molecular flexibility index (Phi) is 4.44. The van der Waals surface area contributed by atoms with Crippen LogP contribution in [0.3, 0.4) is 0 Å². The van der Waals surface area contributed by atoms with E-state index in [4.69, 9.17) is 9.47 Å². The summed E-state index contributed by atoms with van der Waals surface area (Å²) in [7, 11) is 0. The minimum Gasteiger partial charge on any atom is -0.463 e. The summed E-state index contributed by atoms with van der Waals surface area (Å²) < 4.78 is 10.8. The van der Waals surface area contributed by atoms with Gasteiger partial charge in [0.2, 0.25) is 0 Å². The molecule has 1 fully saturated rings. The van der Waals surface area contributed by atoms with Gasteiger partial charge < -0.3 is 9.47 Å². The first kappa shape index (κ1) is 13.6. The second kappa shape index (κ2) is 5.87. The number of fused-ring (bicyclic) bond motifs is 2. The Morgan fingerprint density at radius 3 is 2.78 bits per heavy atom. The molecule has 2 atom stereocenters. The van der Waals surface area contributed by atoms with Gasteiger partial charge in [-0.3, -0.25) is 4.79 Å². The summed E-state index contributed by atoms with van der Waals surface area (Å²) in [5.41, 5.74) is -0.289. The number of carbonyl (C=O) groups excluding carboxylic acids is 1. The molecule has 1 saturated carbocycles. The molecule has 3 heteroatoms. The number of allylic oxidation sites excluding steroid dienone is 1. The standard InChI is InChI=1S/C15H24O3/c1-12(2)5-8-17-9-10-18-14(16)15-6-3-13(11-15)4-7-15/h3,6,12-13H,4-5,7-11H2,1-2H3. The van der Waals surface area contributed by atoms with Gasteiger partial charge in [0.05, 0.1) is 12.0 Å². The predicted octanol–water partition coefficient (Wildman–Crippen LogP) is 2.95. The highest BCUT2D eigenvalue weighted by atomic mass is 16.6. The van der Waals surface area contributed by atoms with E-state index in [-0.39, 0.29) is 11.4 Å². The van der Waals surface area contributed by atoms with Crippen molar-refractivity contribution >= 4 is 5.97 Å². The average Bonchev–Trinajstić information content (AvgIpc) is 2.94. The maximum atomic E-state index is 12.0. The molecule has 0 N–H and O–H groups in total. The van der Waals surface area contributed by atoms with E-state index in [1.54, 1.807) is 0 Å². The van der Waals surface area contributed by atoms with Crippen LogP contribution in [0.1, 0.15) is 39.5 Å². The van der Waals surface area contributed by atoms with Crippen molar-refractivity contribution in [2.24, 2.45) is 17.3 Å².